The summed E-state index contributed by atoms with van der Waals surface area (Å²) in [4.78, 5) is 10.3. The summed E-state index contributed by atoms with van der Waals surface area (Å²) in [7, 11) is 1.93. The van der Waals surface area contributed by atoms with Crippen LogP contribution in [0.2, 0.25) is 0 Å². The first kappa shape index (κ1) is 14.0. The molecule has 0 heterocycles. The predicted molar refractivity (Wildman–Crippen MR) is 64.1 cm³/mol. The van der Waals surface area contributed by atoms with Crippen LogP contribution in [-0.4, -0.2) is 13.0 Å². The minimum atomic E-state index is -0.333. The van der Waals surface area contributed by atoms with E-state index in [2.05, 4.69) is 23.2 Å². The third-order valence-electron chi connectivity index (χ3n) is 1.42. The molecule has 0 aliphatic heterocycles. The fourth-order valence-corrected chi connectivity index (χ4v) is 1.31. The quantitative estimate of drug-likeness (QED) is 0.669. The van der Waals surface area contributed by atoms with E-state index in [1.165, 1.54) is 24.4 Å². The second-order valence-corrected chi connectivity index (χ2v) is 3.61. The van der Waals surface area contributed by atoms with E-state index < -0.39 is 0 Å². The average molecular weight is 227 g/mol. The van der Waals surface area contributed by atoms with Crippen LogP contribution < -0.4 is 16.2 Å². The highest BCUT2D eigenvalue weighted by Crippen LogP contribution is 2.12. The number of rotatable bonds is 3. The maximum atomic E-state index is 9.22. The SMILES string of the molecule is CC(N)=O.CNCc1cccc(SN)c1. The van der Waals surface area contributed by atoms with Gasteiger partial charge in [0.05, 0.1) is 0 Å². The van der Waals surface area contributed by atoms with E-state index in [-0.39, 0.29) is 5.91 Å². The Hall–Kier alpha value is -1.04. The fraction of sp³-hybridized carbons (Fsp3) is 0.300. The lowest BCUT2D eigenvalue weighted by Crippen LogP contribution is -2.04. The zero-order valence-corrected chi connectivity index (χ0v) is 9.80. The van der Waals surface area contributed by atoms with E-state index in [9.17, 15) is 4.79 Å². The first-order chi connectivity index (χ1) is 7.10. The minimum absolute atomic E-state index is 0.333. The van der Waals surface area contributed by atoms with Gasteiger partial charge in [-0.15, -0.1) is 0 Å². The summed E-state index contributed by atoms with van der Waals surface area (Å²) in [6, 6.07) is 8.18. The van der Waals surface area contributed by atoms with Crippen LogP contribution in [0.25, 0.3) is 0 Å². The van der Waals surface area contributed by atoms with E-state index in [0.717, 1.165) is 11.4 Å². The van der Waals surface area contributed by atoms with Gasteiger partial charge in [-0.2, -0.15) is 0 Å². The van der Waals surface area contributed by atoms with Crippen molar-refractivity contribution in [2.24, 2.45) is 10.9 Å². The van der Waals surface area contributed by atoms with Gasteiger partial charge >= 0.3 is 0 Å². The van der Waals surface area contributed by atoms with E-state index in [4.69, 9.17) is 5.14 Å². The van der Waals surface area contributed by atoms with Gasteiger partial charge in [-0.1, -0.05) is 12.1 Å². The highest BCUT2D eigenvalue weighted by Gasteiger charge is 1.92. The van der Waals surface area contributed by atoms with Crippen LogP contribution in [0.15, 0.2) is 29.2 Å². The second kappa shape index (κ2) is 8.28. The van der Waals surface area contributed by atoms with Crippen molar-refractivity contribution in [2.45, 2.75) is 18.4 Å². The van der Waals surface area contributed by atoms with Crippen LogP contribution in [0.1, 0.15) is 12.5 Å². The Morgan fingerprint density at radius 2 is 2.13 bits per heavy atom. The van der Waals surface area contributed by atoms with Crippen molar-refractivity contribution in [1.29, 1.82) is 0 Å². The summed E-state index contributed by atoms with van der Waals surface area (Å²) in [6.45, 7) is 2.20. The van der Waals surface area contributed by atoms with E-state index in [1.807, 2.05) is 19.2 Å². The van der Waals surface area contributed by atoms with Gasteiger partial charge in [-0.3, -0.25) is 9.93 Å². The van der Waals surface area contributed by atoms with Crippen LogP contribution >= 0.6 is 11.9 Å². The number of benzene rings is 1. The Morgan fingerprint density at radius 1 is 1.53 bits per heavy atom. The lowest BCUT2D eigenvalue weighted by molar-refractivity contribution is -0.115. The van der Waals surface area contributed by atoms with Crippen molar-refractivity contribution >= 4 is 17.9 Å². The number of primary amides is 1. The number of hydrogen-bond acceptors (Lipinski definition) is 4. The van der Waals surface area contributed by atoms with Gasteiger partial charge in [0.15, 0.2) is 0 Å². The maximum Gasteiger partial charge on any atom is 0.214 e. The number of hydrogen-bond donors (Lipinski definition) is 3. The highest BCUT2D eigenvalue weighted by molar-refractivity contribution is 7.97. The van der Waals surface area contributed by atoms with Gasteiger partial charge < -0.3 is 11.1 Å². The minimum Gasteiger partial charge on any atom is -0.370 e. The molecule has 5 N–H and O–H groups in total. The van der Waals surface area contributed by atoms with Gasteiger partial charge in [0, 0.05) is 18.4 Å². The zero-order chi connectivity index (χ0) is 11.7. The Kier molecular flexibility index (Phi) is 7.71. The number of carbonyl (C=O) groups excluding carboxylic acids is 1. The molecule has 5 heteroatoms. The number of carbonyl (C=O) groups is 1. The fourth-order valence-electron chi connectivity index (χ4n) is 0.933. The third-order valence-corrected chi connectivity index (χ3v) is 1.94. The van der Waals surface area contributed by atoms with Crippen LogP contribution in [0.5, 0.6) is 0 Å². The first-order valence-corrected chi connectivity index (χ1v) is 5.34. The molecule has 84 valence electrons. The molecule has 0 saturated heterocycles. The largest absolute Gasteiger partial charge is 0.370 e. The molecule has 0 fully saturated rings. The van der Waals surface area contributed by atoms with Crippen LogP contribution in [0, 0.1) is 0 Å². The summed E-state index contributed by atoms with van der Waals surface area (Å²) in [5, 5.41) is 8.50. The van der Waals surface area contributed by atoms with Crippen LogP contribution in [0.3, 0.4) is 0 Å². The van der Waals surface area contributed by atoms with Gasteiger partial charge in [0.1, 0.15) is 0 Å². The van der Waals surface area contributed by atoms with E-state index in [1.54, 1.807) is 0 Å². The number of amides is 1. The molecule has 0 saturated carbocycles. The monoisotopic (exact) mass is 227 g/mol. The molecule has 1 aromatic carbocycles. The molecule has 1 aromatic rings. The van der Waals surface area contributed by atoms with Crippen molar-refractivity contribution < 1.29 is 4.79 Å². The van der Waals surface area contributed by atoms with E-state index >= 15 is 0 Å². The molecular weight excluding hydrogens is 210 g/mol. The molecule has 0 bridgehead atoms. The Labute approximate surface area is 94.5 Å². The summed E-state index contributed by atoms with van der Waals surface area (Å²) in [5.41, 5.74) is 5.74. The third kappa shape index (κ3) is 7.99. The lowest BCUT2D eigenvalue weighted by Gasteiger charge is -2.00. The van der Waals surface area contributed by atoms with Crippen LogP contribution in [0.4, 0.5) is 0 Å². The number of nitrogens with two attached hydrogens (primary N) is 2. The highest BCUT2D eigenvalue weighted by atomic mass is 32.2. The molecule has 15 heavy (non-hydrogen) atoms. The molecule has 4 nitrogen and oxygen atoms in total. The van der Waals surface area contributed by atoms with Gasteiger partial charge in [0.25, 0.3) is 0 Å². The first-order valence-electron chi connectivity index (χ1n) is 4.46. The molecular formula is C10H17N3OS. The number of nitrogens with one attached hydrogen (secondary N) is 1. The smallest absolute Gasteiger partial charge is 0.214 e. The van der Waals surface area contributed by atoms with Crippen molar-refractivity contribution in [2.75, 3.05) is 7.05 Å². The molecule has 0 aromatic heterocycles. The van der Waals surface area contributed by atoms with Crippen molar-refractivity contribution in [3.63, 3.8) is 0 Å². The summed E-state index contributed by atoms with van der Waals surface area (Å²) in [6.07, 6.45) is 0. The molecule has 1 amide bonds. The summed E-state index contributed by atoms with van der Waals surface area (Å²) < 4.78 is 0. The average Bonchev–Trinajstić information content (AvgIpc) is 2.18. The summed E-state index contributed by atoms with van der Waals surface area (Å²) >= 11 is 1.28. The van der Waals surface area contributed by atoms with Crippen molar-refractivity contribution in [1.82, 2.24) is 5.32 Å². The molecule has 0 atom stereocenters. The molecule has 0 aliphatic carbocycles. The molecule has 1 rings (SSSR count). The molecule has 0 radical (unpaired) electrons. The van der Waals surface area contributed by atoms with Crippen LogP contribution in [-0.2, 0) is 11.3 Å². The zero-order valence-electron chi connectivity index (χ0n) is 8.99. The Balaban J connectivity index is 0.000000423. The van der Waals surface area contributed by atoms with E-state index in [0.29, 0.717) is 0 Å². The van der Waals surface area contributed by atoms with Gasteiger partial charge in [-0.05, 0) is 36.7 Å². The Morgan fingerprint density at radius 3 is 2.60 bits per heavy atom. The predicted octanol–water partition coefficient (Wildman–Crippen LogP) is 0.863. The standard InChI is InChI=1S/C8H12N2S.C2H5NO/c1-10-6-7-3-2-4-8(5-7)11-9;1-2(3)4/h2-5,10H,6,9H2,1H3;1H3,(H2,3,4). The van der Waals surface area contributed by atoms with Gasteiger partial charge in [0.2, 0.25) is 5.91 Å². The summed E-state index contributed by atoms with van der Waals surface area (Å²) in [5.74, 6) is -0.333. The van der Waals surface area contributed by atoms with Crippen molar-refractivity contribution in [3.8, 4) is 0 Å². The Bertz CT molecular complexity index is 300. The topological polar surface area (TPSA) is 81.1 Å². The normalized spacial score (nSPS) is 9.00. The maximum absolute atomic E-state index is 9.22. The van der Waals surface area contributed by atoms with Crippen molar-refractivity contribution in [3.05, 3.63) is 29.8 Å². The van der Waals surface area contributed by atoms with Gasteiger partial charge in [-0.25, -0.2) is 0 Å². The molecule has 0 aliphatic rings. The second-order valence-electron chi connectivity index (χ2n) is 2.91. The molecule has 0 spiro atoms. The lowest BCUT2D eigenvalue weighted by atomic mass is 10.2. The molecule has 0 unspecified atom stereocenters.